The highest BCUT2D eigenvalue weighted by atomic mass is 16.3. The van der Waals surface area contributed by atoms with Crippen molar-refractivity contribution in [3.05, 3.63) is 35.4 Å². The largest absolute Gasteiger partial charge is 0.385 e. The molecule has 0 saturated heterocycles. The zero-order valence-electron chi connectivity index (χ0n) is 8.90. The number of aliphatic hydroxyl groups is 1. The molecule has 1 aliphatic carbocycles. The molecule has 2 heteroatoms. The van der Waals surface area contributed by atoms with E-state index in [-0.39, 0.29) is 0 Å². The molecule has 0 amide bonds. The Morgan fingerprint density at radius 1 is 1.33 bits per heavy atom. The van der Waals surface area contributed by atoms with Gasteiger partial charge in [0.1, 0.15) is 0 Å². The Balaban J connectivity index is 2.24. The predicted molar refractivity (Wildman–Crippen MR) is 58.1 cm³/mol. The zero-order chi connectivity index (χ0) is 10.9. The smallest absolute Gasteiger partial charge is 0.0991 e. The van der Waals surface area contributed by atoms with E-state index >= 15 is 0 Å². The summed E-state index contributed by atoms with van der Waals surface area (Å²) in [6.07, 6.45) is 3.43. The van der Waals surface area contributed by atoms with Crippen molar-refractivity contribution in [2.75, 3.05) is 0 Å². The quantitative estimate of drug-likeness (QED) is 0.799. The lowest BCUT2D eigenvalue weighted by Gasteiger charge is -2.39. The second kappa shape index (κ2) is 3.67. The maximum Gasteiger partial charge on any atom is 0.0991 e. The molecule has 1 unspecified atom stereocenters. The van der Waals surface area contributed by atoms with Gasteiger partial charge in [0.15, 0.2) is 0 Å². The molecule has 2 rings (SSSR count). The van der Waals surface area contributed by atoms with Gasteiger partial charge in [-0.15, -0.1) is 0 Å². The van der Waals surface area contributed by atoms with Crippen LogP contribution in [-0.4, -0.2) is 5.11 Å². The Kier molecular flexibility index (Phi) is 2.50. The van der Waals surface area contributed by atoms with Crippen molar-refractivity contribution < 1.29 is 5.11 Å². The molecular weight excluding hydrogens is 186 g/mol. The second-order valence-corrected chi connectivity index (χ2v) is 4.46. The first kappa shape index (κ1) is 10.2. The van der Waals surface area contributed by atoms with Crippen LogP contribution in [0.5, 0.6) is 0 Å². The molecule has 1 aromatic carbocycles. The summed E-state index contributed by atoms with van der Waals surface area (Å²) < 4.78 is 0. The third-order valence-corrected chi connectivity index (χ3v) is 3.50. The topological polar surface area (TPSA) is 44.0 Å². The van der Waals surface area contributed by atoms with Crippen LogP contribution < -0.4 is 0 Å². The molecule has 1 fully saturated rings. The van der Waals surface area contributed by atoms with Crippen LogP contribution in [0.2, 0.25) is 0 Å². The molecule has 0 aromatic heterocycles. The van der Waals surface area contributed by atoms with Crippen molar-refractivity contribution >= 4 is 0 Å². The first-order valence-corrected chi connectivity index (χ1v) is 5.37. The number of nitriles is 1. The Morgan fingerprint density at radius 3 is 2.33 bits per heavy atom. The van der Waals surface area contributed by atoms with E-state index in [1.165, 1.54) is 6.42 Å². The van der Waals surface area contributed by atoms with Gasteiger partial charge in [0.05, 0.1) is 17.2 Å². The van der Waals surface area contributed by atoms with Crippen LogP contribution in [0.3, 0.4) is 0 Å². The molecule has 1 saturated carbocycles. The van der Waals surface area contributed by atoms with Gasteiger partial charge in [-0.2, -0.15) is 5.26 Å². The molecule has 1 atom stereocenters. The number of nitrogens with zero attached hydrogens (tertiary/aromatic N) is 1. The molecule has 0 radical (unpaired) electrons. The predicted octanol–water partition coefficient (Wildman–Crippen LogP) is 2.57. The summed E-state index contributed by atoms with van der Waals surface area (Å²) in [4.78, 5) is 0. The number of rotatable bonds is 2. The van der Waals surface area contributed by atoms with E-state index in [1.54, 1.807) is 12.1 Å². The van der Waals surface area contributed by atoms with E-state index in [4.69, 9.17) is 5.26 Å². The summed E-state index contributed by atoms with van der Waals surface area (Å²) in [5.74, 6) is 0.380. The lowest BCUT2D eigenvalue weighted by atomic mass is 9.71. The van der Waals surface area contributed by atoms with E-state index < -0.39 is 5.60 Å². The SMILES string of the molecule is CC(O)(c1ccc(C#N)cc1)C1CCC1. The van der Waals surface area contributed by atoms with Crippen LogP contribution in [0.4, 0.5) is 0 Å². The van der Waals surface area contributed by atoms with Gasteiger partial charge in [-0.25, -0.2) is 0 Å². The molecular formula is C13H15NO. The monoisotopic (exact) mass is 201 g/mol. The highest BCUT2D eigenvalue weighted by Gasteiger charge is 2.37. The summed E-state index contributed by atoms with van der Waals surface area (Å²) >= 11 is 0. The summed E-state index contributed by atoms with van der Waals surface area (Å²) in [5.41, 5.74) is 0.834. The Labute approximate surface area is 90.2 Å². The summed E-state index contributed by atoms with van der Waals surface area (Å²) in [6, 6.07) is 9.33. The third-order valence-electron chi connectivity index (χ3n) is 3.50. The minimum Gasteiger partial charge on any atom is -0.385 e. The minimum absolute atomic E-state index is 0.380. The van der Waals surface area contributed by atoms with Crippen LogP contribution >= 0.6 is 0 Å². The van der Waals surface area contributed by atoms with Gasteiger partial charge in [-0.1, -0.05) is 18.6 Å². The van der Waals surface area contributed by atoms with Gasteiger partial charge in [-0.05, 0) is 43.4 Å². The Bertz CT molecular complexity index is 382. The Hall–Kier alpha value is -1.33. The molecule has 2 nitrogen and oxygen atoms in total. The van der Waals surface area contributed by atoms with Crippen molar-refractivity contribution in [3.63, 3.8) is 0 Å². The fraction of sp³-hybridized carbons (Fsp3) is 0.462. The summed E-state index contributed by atoms with van der Waals surface area (Å²) in [7, 11) is 0. The van der Waals surface area contributed by atoms with Crippen molar-refractivity contribution in [2.24, 2.45) is 5.92 Å². The first-order chi connectivity index (χ1) is 7.14. The fourth-order valence-corrected chi connectivity index (χ4v) is 2.09. The molecule has 1 aromatic rings. The van der Waals surface area contributed by atoms with E-state index in [2.05, 4.69) is 6.07 Å². The van der Waals surface area contributed by atoms with Crippen LogP contribution in [-0.2, 0) is 5.60 Å². The molecule has 15 heavy (non-hydrogen) atoms. The van der Waals surface area contributed by atoms with Gasteiger partial charge in [0.25, 0.3) is 0 Å². The molecule has 1 N–H and O–H groups in total. The van der Waals surface area contributed by atoms with Gasteiger partial charge in [0.2, 0.25) is 0 Å². The van der Waals surface area contributed by atoms with Crippen LogP contribution in [0.1, 0.15) is 37.3 Å². The average Bonchev–Trinajstić information content (AvgIpc) is 2.14. The van der Waals surface area contributed by atoms with Crippen LogP contribution in [0.25, 0.3) is 0 Å². The van der Waals surface area contributed by atoms with Crippen molar-refractivity contribution in [2.45, 2.75) is 31.8 Å². The molecule has 0 bridgehead atoms. The lowest BCUT2D eigenvalue weighted by molar-refractivity contribution is -0.0399. The molecule has 0 heterocycles. The van der Waals surface area contributed by atoms with Gasteiger partial charge < -0.3 is 5.11 Å². The molecule has 1 aliphatic rings. The number of hydrogen-bond donors (Lipinski definition) is 1. The first-order valence-electron chi connectivity index (χ1n) is 5.37. The number of benzene rings is 1. The molecule has 0 aliphatic heterocycles. The normalized spacial score (nSPS) is 20.1. The van der Waals surface area contributed by atoms with Crippen LogP contribution in [0, 0.1) is 17.2 Å². The highest BCUT2D eigenvalue weighted by Crippen LogP contribution is 2.41. The van der Waals surface area contributed by atoms with E-state index in [1.807, 2.05) is 19.1 Å². The summed E-state index contributed by atoms with van der Waals surface area (Å²) in [5, 5.41) is 19.1. The zero-order valence-corrected chi connectivity index (χ0v) is 8.90. The fourth-order valence-electron chi connectivity index (χ4n) is 2.09. The van der Waals surface area contributed by atoms with E-state index in [0.29, 0.717) is 11.5 Å². The van der Waals surface area contributed by atoms with E-state index in [0.717, 1.165) is 18.4 Å². The van der Waals surface area contributed by atoms with Gasteiger partial charge in [0, 0.05) is 0 Å². The molecule has 78 valence electrons. The van der Waals surface area contributed by atoms with Crippen molar-refractivity contribution in [3.8, 4) is 6.07 Å². The highest BCUT2D eigenvalue weighted by molar-refractivity contribution is 5.34. The standard InChI is InChI=1S/C13H15NO/c1-13(15,11-3-2-4-11)12-7-5-10(9-14)6-8-12/h5-8,11,15H,2-4H2,1H3. The van der Waals surface area contributed by atoms with Gasteiger partial charge in [-0.3, -0.25) is 0 Å². The van der Waals surface area contributed by atoms with Gasteiger partial charge >= 0.3 is 0 Å². The van der Waals surface area contributed by atoms with Crippen molar-refractivity contribution in [1.29, 1.82) is 5.26 Å². The maximum absolute atomic E-state index is 10.4. The summed E-state index contributed by atoms with van der Waals surface area (Å²) in [6.45, 7) is 1.87. The van der Waals surface area contributed by atoms with E-state index in [9.17, 15) is 5.11 Å². The number of hydrogen-bond acceptors (Lipinski definition) is 2. The third kappa shape index (κ3) is 1.75. The molecule has 0 spiro atoms. The van der Waals surface area contributed by atoms with Crippen LogP contribution in [0.15, 0.2) is 24.3 Å². The minimum atomic E-state index is -0.730. The average molecular weight is 201 g/mol. The lowest BCUT2D eigenvalue weighted by Crippen LogP contribution is -2.36. The second-order valence-electron chi connectivity index (χ2n) is 4.46. The van der Waals surface area contributed by atoms with Crippen molar-refractivity contribution in [1.82, 2.24) is 0 Å². The maximum atomic E-state index is 10.4. The Morgan fingerprint density at radius 2 is 1.93 bits per heavy atom.